The standard InChI is InChI=1S/C23H21NO5/c1-28-21(26)10-8-16-7-9-20-18(13-16)19(25)14-23(29-20)11-12-24(15-23)22(27)17-5-3-2-4-6-17/h2-10,13H,11-12,14-15H2,1H3/b10-8+. The molecule has 6 heteroatoms. The number of esters is 1. The molecule has 0 aliphatic carbocycles. The van der Waals surface area contributed by atoms with Crippen LogP contribution in [0.4, 0.5) is 0 Å². The van der Waals surface area contributed by atoms with Crippen LogP contribution in [0.3, 0.4) is 0 Å². The average molecular weight is 391 g/mol. The van der Waals surface area contributed by atoms with Crippen molar-refractivity contribution in [3.05, 3.63) is 71.3 Å². The molecular weight excluding hydrogens is 370 g/mol. The Morgan fingerprint density at radius 2 is 1.97 bits per heavy atom. The summed E-state index contributed by atoms with van der Waals surface area (Å²) < 4.78 is 10.8. The Balaban J connectivity index is 1.52. The van der Waals surface area contributed by atoms with E-state index < -0.39 is 11.6 Å². The SMILES string of the molecule is COC(=O)/C=C/c1ccc2c(c1)C(=O)CC1(CCN(C(=O)c3ccccc3)C1)O2. The van der Waals surface area contributed by atoms with E-state index in [0.717, 1.165) is 0 Å². The van der Waals surface area contributed by atoms with Gasteiger partial charge in [-0.25, -0.2) is 4.79 Å². The molecular formula is C23H21NO5. The van der Waals surface area contributed by atoms with Crippen LogP contribution in [0, 0.1) is 0 Å². The highest BCUT2D eigenvalue weighted by atomic mass is 16.5. The van der Waals surface area contributed by atoms with Gasteiger partial charge >= 0.3 is 5.97 Å². The zero-order chi connectivity index (χ0) is 20.4. The van der Waals surface area contributed by atoms with E-state index in [9.17, 15) is 14.4 Å². The maximum absolute atomic E-state index is 12.8. The minimum absolute atomic E-state index is 0.0198. The Morgan fingerprint density at radius 1 is 1.17 bits per heavy atom. The van der Waals surface area contributed by atoms with Gasteiger partial charge in [-0.1, -0.05) is 24.3 Å². The van der Waals surface area contributed by atoms with E-state index in [-0.39, 0.29) is 18.1 Å². The molecule has 2 heterocycles. The summed E-state index contributed by atoms with van der Waals surface area (Å²) in [7, 11) is 1.31. The number of hydrogen-bond acceptors (Lipinski definition) is 5. The summed E-state index contributed by atoms with van der Waals surface area (Å²) >= 11 is 0. The lowest BCUT2D eigenvalue weighted by Crippen LogP contribution is -2.45. The van der Waals surface area contributed by atoms with Gasteiger partial charge in [0.25, 0.3) is 5.91 Å². The van der Waals surface area contributed by atoms with Crippen LogP contribution in [0.2, 0.25) is 0 Å². The third-order valence-corrected chi connectivity index (χ3v) is 5.35. The van der Waals surface area contributed by atoms with Crippen molar-refractivity contribution in [2.75, 3.05) is 20.2 Å². The fourth-order valence-electron chi connectivity index (χ4n) is 3.86. The zero-order valence-corrected chi connectivity index (χ0v) is 16.1. The Labute approximate surface area is 168 Å². The van der Waals surface area contributed by atoms with E-state index in [0.29, 0.717) is 42.0 Å². The third kappa shape index (κ3) is 3.78. The molecule has 4 rings (SSSR count). The minimum atomic E-state index is -0.683. The van der Waals surface area contributed by atoms with E-state index in [1.807, 2.05) is 18.2 Å². The lowest BCUT2D eigenvalue weighted by atomic mass is 9.88. The van der Waals surface area contributed by atoms with Gasteiger partial charge in [0.1, 0.15) is 11.4 Å². The molecule has 1 amide bonds. The van der Waals surface area contributed by atoms with E-state index in [2.05, 4.69) is 4.74 Å². The second kappa shape index (κ2) is 7.54. The maximum Gasteiger partial charge on any atom is 0.330 e. The molecule has 1 unspecified atom stereocenters. The first kappa shape index (κ1) is 18.9. The Hall–Kier alpha value is -3.41. The number of hydrogen-bond donors (Lipinski definition) is 0. The second-order valence-electron chi connectivity index (χ2n) is 7.34. The summed E-state index contributed by atoms with van der Waals surface area (Å²) in [5.74, 6) is -0.00921. The van der Waals surface area contributed by atoms with Gasteiger partial charge in [0.05, 0.1) is 25.6 Å². The molecule has 29 heavy (non-hydrogen) atoms. The van der Waals surface area contributed by atoms with Crippen LogP contribution >= 0.6 is 0 Å². The number of carbonyl (C=O) groups excluding carboxylic acids is 3. The molecule has 2 aliphatic rings. The molecule has 6 nitrogen and oxygen atoms in total. The molecule has 1 saturated heterocycles. The molecule has 2 aromatic carbocycles. The average Bonchev–Trinajstić information content (AvgIpc) is 3.15. The molecule has 148 valence electrons. The quantitative estimate of drug-likeness (QED) is 0.594. The van der Waals surface area contributed by atoms with Gasteiger partial charge in [-0.15, -0.1) is 0 Å². The van der Waals surface area contributed by atoms with Crippen molar-refractivity contribution in [3.63, 3.8) is 0 Å². The van der Waals surface area contributed by atoms with Crippen LogP contribution in [-0.4, -0.2) is 48.4 Å². The zero-order valence-electron chi connectivity index (χ0n) is 16.1. The van der Waals surface area contributed by atoms with Crippen molar-refractivity contribution in [2.24, 2.45) is 0 Å². The molecule has 0 aromatic heterocycles. The summed E-state index contributed by atoms with van der Waals surface area (Å²) in [6, 6.07) is 14.4. The number of ketones is 1. The number of ether oxygens (including phenoxy) is 2. The second-order valence-corrected chi connectivity index (χ2v) is 7.34. The van der Waals surface area contributed by atoms with Crippen LogP contribution in [0.15, 0.2) is 54.6 Å². The Morgan fingerprint density at radius 3 is 2.72 bits per heavy atom. The fourth-order valence-corrected chi connectivity index (χ4v) is 3.86. The summed E-state index contributed by atoms with van der Waals surface area (Å²) in [6.45, 7) is 0.937. The van der Waals surface area contributed by atoms with Crippen molar-refractivity contribution in [1.29, 1.82) is 0 Å². The lowest BCUT2D eigenvalue weighted by molar-refractivity contribution is -0.134. The van der Waals surface area contributed by atoms with Crippen LogP contribution in [0.1, 0.15) is 39.1 Å². The van der Waals surface area contributed by atoms with Gasteiger partial charge in [-0.3, -0.25) is 9.59 Å². The Kier molecular flexibility index (Phi) is 4.92. The van der Waals surface area contributed by atoms with Gasteiger partial charge in [-0.05, 0) is 35.9 Å². The van der Waals surface area contributed by atoms with E-state index in [1.54, 1.807) is 41.3 Å². The summed E-state index contributed by atoms with van der Waals surface area (Å²) in [6.07, 6.45) is 3.74. The summed E-state index contributed by atoms with van der Waals surface area (Å²) in [4.78, 5) is 38.6. The van der Waals surface area contributed by atoms with Crippen LogP contribution in [-0.2, 0) is 9.53 Å². The molecule has 0 saturated carbocycles. The highest BCUT2D eigenvalue weighted by molar-refractivity contribution is 6.01. The first-order chi connectivity index (χ1) is 14.0. The number of methoxy groups -OCH3 is 1. The highest BCUT2D eigenvalue weighted by Crippen LogP contribution is 2.39. The number of nitrogens with zero attached hydrogens (tertiary/aromatic N) is 1. The lowest BCUT2D eigenvalue weighted by Gasteiger charge is -2.34. The van der Waals surface area contributed by atoms with Gasteiger partial charge in [0.2, 0.25) is 0 Å². The van der Waals surface area contributed by atoms with Crippen molar-refractivity contribution in [1.82, 2.24) is 4.90 Å². The number of rotatable bonds is 3. The maximum atomic E-state index is 12.8. The van der Waals surface area contributed by atoms with Gasteiger partial charge in [0.15, 0.2) is 5.78 Å². The van der Waals surface area contributed by atoms with E-state index >= 15 is 0 Å². The summed E-state index contributed by atoms with van der Waals surface area (Å²) in [5.41, 5.74) is 1.16. The number of amides is 1. The van der Waals surface area contributed by atoms with Crippen LogP contribution < -0.4 is 4.74 Å². The monoisotopic (exact) mass is 391 g/mol. The first-order valence-electron chi connectivity index (χ1n) is 9.46. The first-order valence-corrected chi connectivity index (χ1v) is 9.46. The van der Waals surface area contributed by atoms with Crippen LogP contribution in [0.25, 0.3) is 6.08 Å². The number of fused-ring (bicyclic) bond motifs is 1. The number of Topliss-reactive ketones (excluding diaryl/α,β-unsaturated/α-hetero) is 1. The third-order valence-electron chi connectivity index (χ3n) is 5.35. The number of carbonyl (C=O) groups is 3. The molecule has 0 bridgehead atoms. The molecule has 2 aromatic rings. The highest BCUT2D eigenvalue weighted by Gasteiger charge is 2.47. The summed E-state index contributed by atoms with van der Waals surface area (Å²) in [5, 5.41) is 0. The van der Waals surface area contributed by atoms with Crippen molar-refractivity contribution < 1.29 is 23.9 Å². The molecule has 1 fully saturated rings. The predicted molar refractivity (Wildman–Crippen MR) is 107 cm³/mol. The molecule has 1 spiro atoms. The van der Waals surface area contributed by atoms with Crippen molar-refractivity contribution in [3.8, 4) is 5.75 Å². The largest absolute Gasteiger partial charge is 0.484 e. The predicted octanol–water partition coefficient (Wildman–Crippen LogP) is 3.12. The van der Waals surface area contributed by atoms with Gasteiger partial charge < -0.3 is 14.4 Å². The van der Waals surface area contributed by atoms with E-state index in [1.165, 1.54) is 13.2 Å². The fraction of sp³-hybridized carbons (Fsp3) is 0.261. The van der Waals surface area contributed by atoms with Crippen molar-refractivity contribution in [2.45, 2.75) is 18.4 Å². The van der Waals surface area contributed by atoms with E-state index in [4.69, 9.17) is 4.74 Å². The normalized spacial score (nSPS) is 20.6. The molecule has 2 aliphatic heterocycles. The van der Waals surface area contributed by atoms with Gasteiger partial charge in [-0.2, -0.15) is 0 Å². The Bertz CT molecular complexity index is 998. The molecule has 0 N–H and O–H groups in total. The molecule has 1 atom stereocenters. The topological polar surface area (TPSA) is 72.9 Å². The smallest absolute Gasteiger partial charge is 0.330 e. The number of benzene rings is 2. The minimum Gasteiger partial charge on any atom is -0.484 e. The number of likely N-dealkylation sites (tertiary alicyclic amines) is 1. The van der Waals surface area contributed by atoms with Crippen molar-refractivity contribution >= 4 is 23.7 Å². The van der Waals surface area contributed by atoms with Gasteiger partial charge in [0, 0.05) is 24.6 Å². The molecule has 0 radical (unpaired) electrons. The van der Waals surface area contributed by atoms with Crippen LogP contribution in [0.5, 0.6) is 5.75 Å².